The molecule has 0 saturated heterocycles. The van der Waals surface area contributed by atoms with Gasteiger partial charge in [-0.3, -0.25) is 9.38 Å². The number of benzene rings is 1. The Morgan fingerprint density at radius 1 is 1.19 bits per heavy atom. The average Bonchev–Trinajstić information content (AvgIpc) is 2.91. The van der Waals surface area contributed by atoms with Crippen LogP contribution in [-0.2, 0) is 11.3 Å². The Balaban J connectivity index is 2.01. The van der Waals surface area contributed by atoms with Gasteiger partial charge in [0.2, 0.25) is 5.82 Å². The van der Waals surface area contributed by atoms with Crippen LogP contribution in [0.4, 0.5) is 8.78 Å². The van der Waals surface area contributed by atoms with E-state index >= 15 is 0 Å². The number of halogens is 2. The zero-order valence-electron chi connectivity index (χ0n) is 11.2. The van der Waals surface area contributed by atoms with E-state index in [9.17, 15) is 8.78 Å². The molecule has 0 N–H and O–H groups in total. The van der Waals surface area contributed by atoms with Crippen LogP contribution in [0.25, 0.3) is 16.9 Å². The van der Waals surface area contributed by atoms with E-state index in [1.165, 1.54) is 16.8 Å². The Morgan fingerprint density at radius 3 is 2.62 bits per heavy atom. The van der Waals surface area contributed by atoms with Gasteiger partial charge in [0, 0.05) is 18.9 Å². The van der Waals surface area contributed by atoms with Crippen LogP contribution in [0.2, 0.25) is 0 Å². The molecular formula is C14H12F2N4O. The number of methoxy groups -OCH3 is 1. The van der Waals surface area contributed by atoms with Crippen molar-refractivity contribution in [1.29, 1.82) is 0 Å². The Morgan fingerprint density at radius 2 is 1.95 bits per heavy atom. The molecule has 0 atom stereocenters. The predicted octanol–water partition coefficient (Wildman–Crippen LogP) is 2.88. The van der Waals surface area contributed by atoms with Crippen LogP contribution in [0.5, 0.6) is 0 Å². The standard InChI is InChI=1S/C14H12F2N4O/c1-21-8-9-2-4-10(5-3-9)11-7-20-12(6-17-11)18-19-14(20)13(15)16/h2-7,13H,8H2,1H3. The van der Waals surface area contributed by atoms with Gasteiger partial charge >= 0.3 is 0 Å². The molecule has 3 rings (SSSR count). The molecule has 0 radical (unpaired) electrons. The molecule has 2 aromatic heterocycles. The van der Waals surface area contributed by atoms with E-state index in [1.54, 1.807) is 7.11 Å². The van der Waals surface area contributed by atoms with E-state index in [4.69, 9.17) is 4.74 Å². The highest BCUT2D eigenvalue weighted by molar-refractivity contribution is 5.60. The lowest BCUT2D eigenvalue weighted by Crippen LogP contribution is -1.97. The van der Waals surface area contributed by atoms with E-state index in [2.05, 4.69) is 15.2 Å². The summed E-state index contributed by atoms with van der Waals surface area (Å²) in [6, 6.07) is 7.56. The predicted molar refractivity (Wildman–Crippen MR) is 71.9 cm³/mol. The molecule has 108 valence electrons. The smallest absolute Gasteiger partial charge is 0.297 e. The molecule has 2 heterocycles. The molecule has 0 aliphatic heterocycles. The van der Waals surface area contributed by atoms with Crippen molar-refractivity contribution in [3.63, 3.8) is 0 Å². The van der Waals surface area contributed by atoms with Crippen molar-refractivity contribution in [2.24, 2.45) is 0 Å². The number of alkyl halides is 2. The summed E-state index contributed by atoms with van der Waals surface area (Å²) in [4.78, 5) is 4.23. The monoisotopic (exact) mass is 290 g/mol. The fourth-order valence-corrected chi connectivity index (χ4v) is 2.06. The van der Waals surface area contributed by atoms with Gasteiger partial charge in [0.1, 0.15) is 0 Å². The summed E-state index contributed by atoms with van der Waals surface area (Å²) in [5.74, 6) is -0.385. The van der Waals surface area contributed by atoms with Gasteiger partial charge in [0.05, 0.1) is 18.5 Å². The van der Waals surface area contributed by atoms with Gasteiger partial charge in [-0.05, 0) is 5.56 Å². The van der Waals surface area contributed by atoms with Gasteiger partial charge in [0.15, 0.2) is 5.65 Å². The molecule has 0 amide bonds. The van der Waals surface area contributed by atoms with Crippen molar-refractivity contribution in [2.45, 2.75) is 13.0 Å². The van der Waals surface area contributed by atoms with Crippen LogP contribution in [0.1, 0.15) is 17.8 Å². The van der Waals surface area contributed by atoms with Crippen LogP contribution in [0.3, 0.4) is 0 Å². The van der Waals surface area contributed by atoms with Crippen LogP contribution < -0.4 is 0 Å². The van der Waals surface area contributed by atoms with Gasteiger partial charge in [-0.1, -0.05) is 24.3 Å². The van der Waals surface area contributed by atoms with Crippen LogP contribution in [0, 0.1) is 0 Å². The van der Waals surface area contributed by atoms with Crippen molar-refractivity contribution < 1.29 is 13.5 Å². The zero-order chi connectivity index (χ0) is 14.8. The van der Waals surface area contributed by atoms with E-state index in [1.807, 2.05) is 24.3 Å². The number of ether oxygens (including phenoxy) is 1. The number of rotatable bonds is 4. The molecule has 0 aliphatic carbocycles. The van der Waals surface area contributed by atoms with Gasteiger partial charge < -0.3 is 4.74 Å². The van der Waals surface area contributed by atoms with Crippen molar-refractivity contribution in [1.82, 2.24) is 19.6 Å². The molecule has 5 nitrogen and oxygen atoms in total. The first-order valence-electron chi connectivity index (χ1n) is 6.26. The molecule has 0 fully saturated rings. The van der Waals surface area contributed by atoms with Gasteiger partial charge in [-0.2, -0.15) is 0 Å². The Bertz CT molecular complexity index is 755. The highest BCUT2D eigenvalue weighted by Gasteiger charge is 2.16. The zero-order valence-corrected chi connectivity index (χ0v) is 11.2. The van der Waals surface area contributed by atoms with Crippen LogP contribution in [0.15, 0.2) is 36.7 Å². The third-order valence-electron chi connectivity index (χ3n) is 3.07. The number of aromatic nitrogens is 4. The molecule has 0 saturated carbocycles. The van der Waals surface area contributed by atoms with E-state index < -0.39 is 6.43 Å². The van der Waals surface area contributed by atoms with E-state index in [0.29, 0.717) is 17.9 Å². The minimum absolute atomic E-state index is 0.296. The van der Waals surface area contributed by atoms with Crippen molar-refractivity contribution in [2.75, 3.05) is 7.11 Å². The lowest BCUT2D eigenvalue weighted by molar-refractivity contribution is 0.139. The van der Waals surface area contributed by atoms with Crippen molar-refractivity contribution >= 4 is 5.65 Å². The summed E-state index contributed by atoms with van der Waals surface area (Å²) in [5.41, 5.74) is 2.73. The third-order valence-corrected chi connectivity index (χ3v) is 3.07. The fourth-order valence-electron chi connectivity index (χ4n) is 2.06. The second-order valence-corrected chi connectivity index (χ2v) is 4.49. The topological polar surface area (TPSA) is 52.3 Å². The van der Waals surface area contributed by atoms with E-state index in [0.717, 1.165) is 11.1 Å². The lowest BCUT2D eigenvalue weighted by Gasteiger charge is -2.05. The number of fused-ring (bicyclic) bond motifs is 1. The number of nitrogens with zero attached hydrogens (tertiary/aromatic N) is 4. The minimum Gasteiger partial charge on any atom is -0.380 e. The maximum absolute atomic E-state index is 12.8. The van der Waals surface area contributed by atoms with Crippen molar-refractivity contribution in [3.05, 3.63) is 48.0 Å². The molecule has 0 bridgehead atoms. The molecule has 1 aromatic carbocycles. The minimum atomic E-state index is -2.68. The summed E-state index contributed by atoms with van der Waals surface area (Å²) in [6.45, 7) is 0.522. The molecule has 3 aromatic rings. The summed E-state index contributed by atoms with van der Waals surface area (Å²) >= 11 is 0. The maximum Gasteiger partial charge on any atom is 0.297 e. The van der Waals surface area contributed by atoms with Crippen LogP contribution in [-0.4, -0.2) is 26.7 Å². The van der Waals surface area contributed by atoms with Crippen LogP contribution >= 0.6 is 0 Å². The second kappa shape index (κ2) is 5.53. The number of hydrogen-bond donors (Lipinski definition) is 0. The normalized spacial score (nSPS) is 11.4. The molecule has 0 unspecified atom stereocenters. The Kier molecular flexibility index (Phi) is 3.57. The Hall–Kier alpha value is -2.41. The average molecular weight is 290 g/mol. The third kappa shape index (κ3) is 2.59. The fraction of sp³-hybridized carbons (Fsp3) is 0.214. The van der Waals surface area contributed by atoms with Gasteiger partial charge in [-0.25, -0.2) is 8.78 Å². The number of hydrogen-bond acceptors (Lipinski definition) is 4. The second-order valence-electron chi connectivity index (χ2n) is 4.49. The first-order valence-corrected chi connectivity index (χ1v) is 6.26. The molecule has 0 aliphatic rings. The highest BCUT2D eigenvalue weighted by Crippen LogP contribution is 2.21. The molecule has 7 heteroatoms. The largest absolute Gasteiger partial charge is 0.380 e. The molecule has 21 heavy (non-hydrogen) atoms. The Labute approximate surface area is 119 Å². The van der Waals surface area contributed by atoms with E-state index in [-0.39, 0.29) is 5.82 Å². The quantitative estimate of drug-likeness (QED) is 0.741. The summed E-state index contributed by atoms with van der Waals surface area (Å²) in [5, 5.41) is 7.14. The molecule has 0 spiro atoms. The van der Waals surface area contributed by atoms with Gasteiger partial charge in [-0.15, -0.1) is 10.2 Å². The summed E-state index contributed by atoms with van der Waals surface area (Å²) in [6.07, 6.45) is 0.263. The SMILES string of the molecule is COCc1ccc(-c2cn3c(C(F)F)nnc3cn2)cc1. The summed E-state index contributed by atoms with van der Waals surface area (Å²) in [7, 11) is 1.63. The molecular weight excluding hydrogens is 278 g/mol. The van der Waals surface area contributed by atoms with Gasteiger partial charge in [0.25, 0.3) is 6.43 Å². The van der Waals surface area contributed by atoms with Crippen molar-refractivity contribution in [3.8, 4) is 11.3 Å². The first-order chi connectivity index (χ1) is 10.2. The lowest BCUT2D eigenvalue weighted by atomic mass is 10.1. The highest BCUT2D eigenvalue weighted by atomic mass is 19.3. The maximum atomic E-state index is 12.8. The summed E-state index contributed by atoms with van der Waals surface area (Å²) < 4.78 is 32.0. The first kappa shape index (κ1) is 13.6.